The molecule has 0 spiro atoms. The molecule has 3 atom stereocenters. The molecule has 0 bridgehead atoms. The van der Waals surface area contributed by atoms with Crippen LogP contribution in [0.25, 0.3) is 0 Å². The van der Waals surface area contributed by atoms with E-state index in [1.165, 1.54) is 44.9 Å². The van der Waals surface area contributed by atoms with Gasteiger partial charge in [-0.3, -0.25) is 0 Å². The van der Waals surface area contributed by atoms with Gasteiger partial charge in [0.2, 0.25) is 0 Å². The van der Waals surface area contributed by atoms with Crippen LogP contribution in [0.4, 0.5) is 0 Å². The topological polar surface area (TPSA) is 20.2 Å². The van der Waals surface area contributed by atoms with Gasteiger partial charge in [0.1, 0.15) is 0 Å². The van der Waals surface area contributed by atoms with E-state index in [1.807, 2.05) is 0 Å². The summed E-state index contributed by atoms with van der Waals surface area (Å²) in [4.78, 5) is 0. The molecule has 0 aromatic rings. The summed E-state index contributed by atoms with van der Waals surface area (Å²) in [6.07, 6.45) is 10.4. The summed E-state index contributed by atoms with van der Waals surface area (Å²) in [6.45, 7) is 4.76. The van der Waals surface area contributed by atoms with Crippen molar-refractivity contribution in [3.8, 4) is 0 Å². The van der Waals surface area contributed by atoms with Crippen molar-refractivity contribution in [1.29, 1.82) is 0 Å². The van der Waals surface area contributed by atoms with Crippen LogP contribution in [0.3, 0.4) is 0 Å². The first-order valence-electron chi connectivity index (χ1n) is 7.33. The lowest BCUT2D eigenvalue weighted by Gasteiger charge is -2.33. The molecule has 2 fully saturated rings. The van der Waals surface area contributed by atoms with Gasteiger partial charge in [-0.1, -0.05) is 26.7 Å². The minimum Gasteiger partial charge on any atom is -0.393 e. The number of rotatable bonds is 3. The first-order chi connectivity index (χ1) is 7.65. The number of aliphatic hydroxyl groups excluding tert-OH is 1. The van der Waals surface area contributed by atoms with Gasteiger partial charge in [0.05, 0.1) is 6.10 Å². The van der Waals surface area contributed by atoms with Gasteiger partial charge in [-0.25, -0.2) is 0 Å². The average molecular weight is 224 g/mol. The number of hydrogen-bond donors (Lipinski definition) is 1. The van der Waals surface area contributed by atoms with Gasteiger partial charge in [-0.2, -0.15) is 0 Å². The van der Waals surface area contributed by atoms with Gasteiger partial charge < -0.3 is 5.11 Å². The molecule has 0 aromatic heterocycles. The monoisotopic (exact) mass is 224 g/mol. The maximum absolute atomic E-state index is 10.3. The van der Waals surface area contributed by atoms with Gasteiger partial charge in [0.15, 0.2) is 0 Å². The summed E-state index contributed by atoms with van der Waals surface area (Å²) in [6, 6.07) is 0. The molecule has 0 radical (unpaired) electrons. The number of aliphatic hydroxyl groups is 1. The molecular weight excluding hydrogens is 196 g/mol. The predicted octanol–water partition coefficient (Wildman–Crippen LogP) is 4.00. The Balaban J connectivity index is 1.79. The molecule has 94 valence electrons. The standard InChI is InChI=1S/C15H28O/c1-11-7-12(2)9-13(8-11)10-15(16)14-5-3-4-6-14/h11-16H,3-10H2,1-2H3. The van der Waals surface area contributed by atoms with Crippen molar-refractivity contribution in [2.45, 2.75) is 71.3 Å². The van der Waals surface area contributed by atoms with Gasteiger partial charge in [-0.15, -0.1) is 0 Å². The Bertz CT molecular complexity index is 197. The second-order valence-corrected chi connectivity index (χ2v) is 6.63. The zero-order chi connectivity index (χ0) is 11.5. The third kappa shape index (κ3) is 3.23. The van der Waals surface area contributed by atoms with E-state index in [-0.39, 0.29) is 6.10 Å². The molecule has 0 heterocycles. The van der Waals surface area contributed by atoms with Crippen molar-refractivity contribution in [2.24, 2.45) is 23.7 Å². The minimum absolute atomic E-state index is 0.00463. The highest BCUT2D eigenvalue weighted by Crippen LogP contribution is 2.38. The summed E-state index contributed by atoms with van der Waals surface area (Å²) in [7, 11) is 0. The van der Waals surface area contributed by atoms with Crippen LogP contribution in [0.1, 0.15) is 65.2 Å². The maximum Gasteiger partial charge on any atom is 0.0571 e. The predicted molar refractivity (Wildman–Crippen MR) is 68.3 cm³/mol. The molecule has 2 rings (SSSR count). The fraction of sp³-hybridized carbons (Fsp3) is 1.00. The van der Waals surface area contributed by atoms with Crippen molar-refractivity contribution < 1.29 is 5.11 Å². The third-order valence-corrected chi connectivity index (χ3v) is 4.79. The van der Waals surface area contributed by atoms with Crippen molar-refractivity contribution in [2.75, 3.05) is 0 Å². The first-order valence-corrected chi connectivity index (χ1v) is 7.33. The highest BCUT2D eigenvalue weighted by atomic mass is 16.3. The lowest BCUT2D eigenvalue weighted by atomic mass is 9.74. The van der Waals surface area contributed by atoms with E-state index >= 15 is 0 Å². The minimum atomic E-state index is 0.00463. The first kappa shape index (κ1) is 12.4. The van der Waals surface area contributed by atoms with Crippen LogP contribution in [-0.4, -0.2) is 11.2 Å². The van der Waals surface area contributed by atoms with Crippen LogP contribution in [-0.2, 0) is 0 Å². The normalized spacial score (nSPS) is 38.8. The molecule has 16 heavy (non-hydrogen) atoms. The highest BCUT2D eigenvalue weighted by molar-refractivity contribution is 4.81. The van der Waals surface area contributed by atoms with Crippen molar-refractivity contribution in [3.05, 3.63) is 0 Å². The van der Waals surface area contributed by atoms with Crippen LogP contribution < -0.4 is 0 Å². The Kier molecular flexibility index (Phi) is 4.29. The van der Waals surface area contributed by atoms with Gasteiger partial charge in [0.25, 0.3) is 0 Å². The summed E-state index contributed by atoms with van der Waals surface area (Å²) in [5.41, 5.74) is 0. The fourth-order valence-electron chi connectivity index (χ4n) is 4.18. The molecule has 2 aliphatic carbocycles. The molecule has 1 heteroatoms. The molecule has 1 N–H and O–H groups in total. The fourth-order valence-corrected chi connectivity index (χ4v) is 4.18. The van der Waals surface area contributed by atoms with E-state index < -0.39 is 0 Å². The maximum atomic E-state index is 10.3. The van der Waals surface area contributed by atoms with Gasteiger partial charge in [-0.05, 0) is 62.2 Å². The highest BCUT2D eigenvalue weighted by Gasteiger charge is 2.29. The van der Waals surface area contributed by atoms with E-state index in [1.54, 1.807) is 0 Å². The molecule has 0 aromatic carbocycles. The Hall–Kier alpha value is -0.0400. The molecule has 0 saturated heterocycles. The molecule has 3 unspecified atom stereocenters. The second-order valence-electron chi connectivity index (χ2n) is 6.63. The summed E-state index contributed by atoms with van der Waals surface area (Å²) in [5.74, 6) is 3.19. The van der Waals surface area contributed by atoms with Crippen molar-refractivity contribution >= 4 is 0 Å². The Morgan fingerprint density at radius 3 is 2.12 bits per heavy atom. The molecule has 1 nitrogen and oxygen atoms in total. The van der Waals surface area contributed by atoms with Crippen molar-refractivity contribution in [3.63, 3.8) is 0 Å². The Morgan fingerprint density at radius 1 is 1.00 bits per heavy atom. The Morgan fingerprint density at radius 2 is 1.56 bits per heavy atom. The molecule has 0 aliphatic heterocycles. The lowest BCUT2D eigenvalue weighted by molar-refractivity contribution is 0.0647. The van der Waals surface area contributed by atoms with Crippen LogP contribution in [0.5, 0.6) is 0 Å². The quantitative estimate of drug-likeness (QED) is 0.768. The van der Waals surface area contributed by atoms with E-state index in [0.717, 1.165) is 24.2 Å². The third-order valence-electron chi connectivity index (χ3n) is 4.79. The van der Waals surface area contributed by atoms with Crippen molar-refractivity contribution in [1.82, 2.24) is 0 Å². The van der Waals surface area contributed by atoms with E-state index in [0.29, 0.717) is 5.92 Å². The van der Waals surface area contributed by atoms with E-state index in [9.17, 15) is 5.11 Å². The molecule has 2 aliphatic rings. The Labute approximate surface area is 101 Å². The average Bonchev–Trinajstić information content (AvgIpc) is 2.68. The zero-order valence-electron chi connectivity index (χ0n) is 11.0. The van der Waals surface area contributed by atoms with Gasteiger partial charge in [0, 0.05) is 0 Å². The zero-order valence-corrected chi connectivity index (χ0v) is 11.0. The summed E-state index contributed by atoms with van der Waals surface area (Å²) in [5, 5.41) is 10.3. The largest absolute Gasteiger partial charge is 0.393 e. The van der Waals surface area contributed by atoms with Gasteiger partial charge >= 0.3 is 0 Å². The van der Waals surface area contributed by atoms with E-state index in [4.69, 9.17) is 0 Å². The molecule has 2 saturated carbocycles. The molecular formula is C15H28O. The van der Waals surface area contributed by atoms with Crippen LogP contribution >= 0.6 is 0 Å². The second kappa shape index (κ2) is 5.53. The number of hydrogen-bond acceptors (Lipinski definition) is 1. The molecule has 0 amide bonds. The smallest absolute Gasteiger partial charge is 0.0571 e. The van der Waals surface area contributed by atoms with E-state index in [2.05, 4.69) is 13.8 Å². The van der Waals surface area contributed by atoms with Crippen LogP contribution in [0.2, 0.25) is 0 Å². The SMILES string of the molecule is CC1CC(C)CC(CC(O)C2CCCC2)C1. The summed E-state index contributed by atoms with van der Waals surface area (Å²) >= 11 is 0. The summed E-state index contributed by atoms with van der Waals surface area (Å²) < 4.78 is 0. The van der Waals surface area contributed by atoms with Crippen LogP contribution in [0, 0.1) is 23.7 Å². The lowest BCUT2D eigenvalue weighted by Crippen LogP contribution is -2.26. The van der Waals surface area contributed by atoms with Crippen LogP contribution in [0.15, 0.2) is 0 Å².